The zero-order chi connectivity index (χ0) is 19.2. The quantitative estimate of drug-likeness (QED) is 0.398. The molecule has 0 bridgehead atoms. The summed E-state index contributed by atoms with van der Waals surface area (Å²) in [6.07, 6.45) is 10.5. The van der Waals surface area contributed by atoms with Gasteiger partial charge in [0.1, 0.15) is 5.82 Å². The van der Waals surface area contributed by atoms with Crippen LogP contribution in [0.2, 0.25) is 0 Å². The smallest absolute Gasteiger partial charge is 0.121 e. The molecular formula is C23H27N3S. The van der Waals surface area contributed by atoms with E-state index in [1.807, 2.05) is 12.3 Å². The summed E-state index contributed by atoms with van der Waals surface area (Å²) in [5, 5.41) is 0. The van der Waals surface area contributed by atoms with E-state index in [4.69, 9.17) is 4.98 Å². The highest BCUT2D eigenvalue weighted by atomic mass is 32.1. The van der Waals surface area contributed by atoms with Crippen LogP contribution < -0.4 is 0 Å². The Morgan fingerprint density at radius 3 is 2.78 bits per heavy atom. The Morgan fingerprint density at radius 1 is 1.30 bits per heavy atom. The van der Waals surface area contributed by atoms with Crippen molar-refractivity contribution in [1.29, 1.82) is 0 Å². The number of unbranched alkanes of at least 4 members (excludes halogenated alkanes) is 1. The zero-order valence-corrected chi connectivity index (χ0v) is 16.9. The Hall–Kier alpha value is -2.46. The fraction of sp³-hybridized carbons (Fsp3) is 0.304. The van der Waals surface area contributed by atoms with Gasteiger partial charge in [0, 0.05) is 29.8 Å². The third-order valence-electron chi connectivity index (χ3n) is 4.70. The topological polar surface area (TPSA) is 28.5 Å². The molecular weight excluding hydrogens is 350 g/mol. The van der Waals surface area contributed by atoms with Gasteiger partial charge in [0.05, 0.1) is 15.9 Å². The predicted molar refractivity (Wildman–Crippen MR) is 120 cm³/mol. The molecule has 3 nitrogen and oxygen atoms in total. The van der Waals surface area contributed by atoms with Crippen molar-refractivity contribution >= 4 is 38.9 Å². The first-order valence-electron chi connectivity index (χ1n) is 9.53. The number of nitrogens with zero attached hydrogens (tertiary/aromatic N) is 3. The van der Waals surface area contributed by atoms with Crippen molar-refractivity contribution in [2.45, 2.75) is 32.6 Å². The number of thiophene rings is 1. The lowest BCUT2D eigenvalue weighted by Gasteiger charge is -2.15. The number of hydrogen-bond donors (Lipinski definition) is 0. The van der Waals surface area contributed by atoms with Crippen LogP contribution >= 0.6 is 11.3 Å². The van der Waals surface area contributed by atoms with Crippen molar-refractivity contribution in [2.24, 2.45) is 4.99 Å². The molecule has 0 amide bonds. The van der Waals surface area contributed by atoms with Crippen LogP contribution in [0.4, 0.5) is 0 Å². The molecule has 3 rings (SSSR count). The lowest BCUT2D eigenvalue weighted by molar-refractivity contribution is 0.425. The molecule has 140 valence electrons. The molecule has 0 aliphatic carbocycles. The van der Waals surface area contributed by atoms with Gasteiger partial charge in [-0.15, -0.1) is 11.3 Å². The van der Waals surface area contributed by atoms with Gasteiger partial charge in [0.25, 0.3) is 0 Å². The van der Waals surface area contributed by atoms with Gasteiger partial charge < -0.3 is 4.90 Å². The standard InChI is InChI=1S/C23H27N3S/c1-5-7-10-19(6-2)20-11-12-22-21(25-20)15-23(27-22)17(3)16-24-18(4)26-13-8-9-14-26/h6,10-12,15-16H,2-5,7-9,13-14H2,1H3/b19-10+,24-16-. The Bertz CT molecular complexity index is 911. The van der Waals surface area contributed by atoms with E-state index in [-0.39, 0.29) is 0 Å². The third kappa shape index (κ3) is 4.64. The molecule has 4 heteroatoms. The van der Waals surface area contributed by atoms with Gasteiger partial charge in [-0.25, -0.2) is 9.98 Å². The van der Waals surface area contributed by atoms with E-state index in [9.17, 15) is 0 Å². The molecule has 0 N–H and O–H groups in total. The van der Waals surface area contributed by atoms with Gasteiger partial charge in [-0.3, -0.25) is 0 Å². The van der Waals surface area contributed by atoms with E-state index in [0.29, 0.717) is 0 Å². The first-order valence-corrected chi connectivity index (χ1v) is 10.3. The highest BCUT2D eigenvalue weighted by Crippen LogP contribution is 2.30. The minimum atomic E-state index is 0.826. The van der Waals surface area contributed by atoms with Crippen LogP contribution in [0.15, 0.2) is 60.9 Å². The van der Waals surface area contributed by atoms with Gasteiger partial charge in [-0.05, 0) is 43.0 Å². The van der Waals surface area contributed by atoms with E-state index in [2.05, 4.69) is 60.8 Å². The second-order valence-corrected chi connectivity index (χ2v) is 7.82. The summed E-state index contributed by atoms with van der Waals surface area (Å²) in [5.74, 6) is 0.826. The summed E-state index contributed by atoms with van der Waals surface area (Å²) in [7, 11) is 0. The fourth-order valence-corrected chi connectivity index (χ4v) is 4.04. The number of hydrogen-bond acceptors (Lipinski definition) is 4. The SMILES string of the molecule is C=C/C(=C\CCC)c1ccc2sc(C(=C)/C=N\C(=C)N3CCCC3)cc2n1. The highest BCUT2D eigenvalue weighted by molar-refractivity contribution is 7.20. The zero-order valence-electron chi connectivity index (χ0n) is 16.1. The Labute approximate surface area is 166 Å². The number of rotatable bonds is 8. The van der Waals surface area contributed by atoms with Crippen molar-refractivity contribution in [3.05, 3.63) is 66.5 Å². The number of pyridine rings is 1. The molecule has 1 fully saturated rings. The average molecular weight is 378 g/mol. The first-order chi connectivity index (χ1) is 13.1. The number of aliphatic imine (C=N–C) groups is 1. The van der Waals surface area contributed by atoms with Gasteiger partial charge in [-0.1, -0.05) is 45.2 Å². The summed E-state index contributed by atoms with van der Waals surface area (Å²) in [6.45, 7) is 16.5. The maximum Gasteiger partial charge on any atom is 0.121 e. The lowest BCUT2D eigenvalue weighted by Crippen LogP contribution is -2.16. The van der Waals surface area contributed by atoms with Crippen LogP contribution in [-0.2, 0) is 0 Å². The molecule has 1 aliphatic rings. The molecule has 0 unspecified atom stereocenters. The summed E-state index contributed by atoms with van der Waals surface area (Å²) >= 11 is 1.69. The molecule has 0 spiro atoms. The molecule has 2 aromatic heterocycles. The second-order valence-electron chi connectivity index (χ2n) is 6.74. The molecule has 27 heavy (non-hydrogen) atoms. The summed E-state index contributed by atoms with van der Waals surface area (Å²) in [5.41, 5.74) is 3.95. The van der Waals surface area contributed by atoms with Crippen molar-refractivity contribution in [1.82, 2.24) is 9.88 Å². The van der Waals surface area contributed by atoms with Crippen molar-refractivity contribution in [2.75, 3.05) is 13.1 Å². The normalized spacial score (nSPS) is 15.0. The molecule has 0 saturated carbocycles. The molecule has 1 aliphatic heterocycles. The minimum absolute atomic E-state index is 0.826. The fourth-order valence-electron chi connectivity index (χ4n) is 3.11. The average Bonchev–Trinajstić information content (AvgIpc) is 3.35. The van der Waals surface area contributed by atoms with Gasteiger partial charge in [-0.2, -0.15) is 0 Å². The summed E-state index contributed by atoms with van der Waals surface area (Å²) in [4.78, 5) is 12.6. The van der Waals surface area contributed by atoms with Crippen molar-refractivity contribution < 1.29 is 0 Å². The number of allylic oxidation sites excluding steroid dienone is 4. The van der Waals surface area contributed by atoms with E-state index in [1.165, 1.54) is 12.8 Å². The summed E-state index contributed by atoms with van der Waals surface area (Å²) in [6, 6.07) is 6.29. The Morgan fingerprint density at radius 2 is 2.07 bits per heavy atom. The minimum Gasteiger partial charge on any atom is -0.357 e. The molecule has 3 heterocycles. The van der Waals surface area contributed by atoms with Crippen molar-refractivity contribution in [3.8, 4) is 0 Å². The lowest BCUT2D eigenvalue weighted by atomic mass is 10.1. The second kappa shape index (κ2) is 8.96. The van der Waals surface area contributed by atoms with Crippen LogP contribution in [0.5, 0.6) is 0 Å². The van der Waals surface area contributed by atoms with Gasteiger partial charge in [0.15, 0.2) is 0 Å². The van der Waals surface area contributed by atoms with Crippen molar-refractivity contribution in [3.63, 3.8) is 0 Å². The van der Waals surface area contributed by atoms with Crippen LogP contribution in [0.1, 0.15) is 43.2 Å². The Balaban J connectivity index is 1.78. The van der Waals surface area contributed by atoms with Crippen LogP contribution in [-0.4, -0.2) is 29.2 Å². The van der Waals surface area contributed by atoms with Gasteiger partial charge >= 0.3 is 0 Å². The molecule has 0 radical (unpaired) electrons. The van der Waals surface area contributed by atoms with Crippen LogP contribution in [0.25, 0.3) is 21.4 Å². The van der Waals surface area contributed by atoms with Gasteiger partial charge in [0.2, 0.25) is 0 Å². The predicted octanol–water partition coefficient (Wildman–Crippen LogP) is 6.32. The monoisotopic (exact) mass is 377 g/mol. The molecule has 0 aromatic carbocycles. The summed E-state index contributed by atoms with van der Waals surface area (Å²) < 4.78 is 1.15. The number of fused-ring (bicyclic) bond motifs is 1. The van der Waals surface area contributed by atoms with E-state index in [0.717, 1.165) is 63.7 Å². The Kier molecular flexibility index (Phi) is 6.40. The maximum absolute atomic E-state index is 4.82. The van der Waals surface area contributed by atoms with E-state index in [1.54, 1.807) is 11.3 Å². The van der Waals surface area contributed by atoms with Crippen LogP contribution in [0.3, 0.4) is 0 Å². The highest BCUT2D eigenvalue weighted by Gasteiger charge is 2.12. The number of aromatic nitrogens is 1. The van der Waals surface area contributed by atoms with E-state index >= 15 is 0 Å². The van der Waals surface area contributed by atoms with Crippen LogP contribution in [0, 0.1) is 0 Å². The third-order valence-corrected chi connectivity index (χ3v) is 5.86. The molecule has 2 aromatic rings. The van der Waals surface area contributed by atoms with E-state index < -0.39 is 0 Å². The first kappa shape index (κ1) is 19.3. The largest absolute Gasteiger partial charge is 0.357 e. The molecule has 0 atom stereocenters. The maximum atomic E-state index is 4.82. The number of likely N-dealkylation sites (tertiary alicyclic amines) is 1. The molecule has 1 saturated heterocycles.